The van der Waals surface area contributed by atoms with Crippen LogP contribution in [0.2, 0.25) is 0 Å². The predicted molar refractivity (Wildman–Crippen MR) is 74.0 cm³/mol. The molecular weight excluding hydrogens is 298 g/mol. The van der Waals surface area contributed by atoms with E-state index in [1.165, 1.54) is 7.11 Å². The molecule has 98 valence electrons. The Labute approximate surface area is 115 Å². The van der Waals surface area contributed by atoms with Crippen LogP contribution in [0, 0.1) is 5.92 Å². The van der Waals surface area contributed by atoms with Crippen molar-refractivity contribution in [1.29, 1.82) is 0 Å². The molecule has 0 saturated carbocycles. The fourth-order valence-corrected chi connectivity index (χ4v) is 1.47. The van der Waals surface area contributed by atoms with E-state index in [0.717, 1.165) is 0 Å². The lowest BCUT2D eigenvalue weighted by atomic mass is 10.1. The summed E-state index contributed by atoms with van der Waals surface area (Å²) in [6.07, 6.45) is 0. The molecule has 0 aliphatic heterocycles. The number of halogens is 1. The van der Waals surface area contributed by atoms with Gasteiger partial charge in [-0.15, -0.1) is 0 Å². The number of hydrogen-bond acceptors (Lipinski definition) is 3. The average Bonchev–Trinajstić information content (AvgIpc) is 2.36. The number of carbonyl (C=O) groups is 2. The first kappa shape index (κ1) is 14.7. The summed E-state index contributed by atoms with van der Waals surface area (Å²) in [7, 11) is 1.32. The number of hydrogen-bond donors (Lipinski definition) is 1. The third-order valence-electron chi connectivity index (χ3n) is 2.39. The third kappa shape index (κ3) is 3.84. The Bertz CT molecular complexity index is 446. The Hall–Kier alpha value is -1.36. The molecule has 5 heteroatoms. The molecule has 0 spiro atoms. The number of alkyl halides is 1. The molecule has 0 bridgehead atoms. The Morgan fingerprint density at radius 3 is 2.56 bits per heavy atom. The quantitative estimate of drug-likeness (QED) is 0.687. The highest BCUT2D eigenvalue weighted by Gasteiger charge is 2.18. The highest BCUT2D eigenvalue weighted by Crippen LogP contribution is 2.16. The van der Waals surface area contributed by atoms with Crippen LogP contribution in [0.25, 0.3) is 0 Å². The van der Waals surface area contributed by atoms with Gasteiger partial charge < -0.3 is 10.1 Å². The van der Waals surface area contributed by atoms with Gasteiger partial charge in [0.05, 0.1) is 17.5 Å². The molecule has 1 aromatic carbocycles. The standard InChI is InChI=1S/C13H16BrNO3/c1-8(2)11(14)12(16)15-10-6-4-5-9(7-10)13(17)18-3/h4-8,11H,1-3H3,(H,15,16). The number of ether oxygens (including phenoxy) is 1. The fourth-order valence-electron chi connectivity index (χ4n) is 1.36. The zero-order chi connectivity index (χ0) is 13.7. The number of rotatable bonds is 4. The number of amides is 1. The number of esters is 1. The molecule has 1 amide bonds. The van der Waals surface area contributed by atoms with Gasteiger partial charge in [0.15, 0.2) is 0 Å². The molecule has 1 atom stereocenters. The summed E-state index contributed by atoms with van der Waals surface area (Å²) in [6.45, 7) is 3.90. The number of benzene rings is 1. The van der Waals surface area contributed by atoms with Gasteiger partial charge in [-0.2, -0.15) is 0 Å². The largest absolute Gasteiger partial charge is 0.465 e. The van der Waals surface area contributed by atoms with Gasteiger partial charge in [0.25, 0.3) is 0 Å². The SMILES string of the molecule is COC(=O)c1cccc(NC(=O)C(Br)C(C)C)c1. The molecule has 4 nitrogen and oxygen atoms in total. The first-order valence-electron chi connectivity index (χ1n) is 5.59. The van der Waals surface area contributed by atoms with E-state index in [2.05, 4.69) is 26.0 Å². The van der Waals surface area contributed by atoms with E-state index in [4.69, 9.17) is 0 Å². The van der Waals surface area contributed by atoms with E-state index in [0.29, 0.717) is 11.3 Å². The summed E-state index contributed by atoms with van der Waals surface area (Å²) in [5.74, 6) is -0.369. The second-order valence-corrected chi connectivity index (χ2v) is 5.19. The Balaban J connectivity index is 2.79. The third-order valence-corrected chi connectivity index (χ3v) is 3.86. The molecule has 1 rings (SSSR count). The highest BCUT2D eigenvalue weighted by atomic mass is 79.9. The molecule has 0 radical (unpaired) electrons. The van der Waals surface area contributed by atoms with Gasteiger partial charge in [-0.25, -0.2) is 4.79 Å². The second kappa shape index (κ2) is 6.54. The second-order valence-electron chi connectivity index (χ2n) is 4.21. The van der Waals surface area contributed by atoms with Crippen LogP contribution >= 0.6 is 15.9 Å². The van der Waals surface area contributed by atoms with E-state index >= 15 is 0 Å². The number of anilines is 1. The maximum absolute atomic E-state index is 11.8. The van der Waals surface area contributed by atoms with Crippen LogP contribution in [-0.2, 0) is 9.53 Å². The van der Waals surface area contributed by atoms with Crippen molar-refractivity contribution in [2.45, 2.75) is 18.7 Å². The minimum absolute atomic E-state index is 0.132. The highest BCUT2D eigenvalue weighted by molar-refractivity contribution is 9.10. The van der Waals surface area contributed by atoms with Gasteiger partial charge in [-0.05, 0) is 24.1 Å². The fraction of sp³-hybridized carbons (Fsp3) is 0.385. The number of nitrogens with one attached hydrogen (secondary N) is 1. The van der Waals surface area contributed by atoms with Crippen molar-refractivity contribution in [1.82, 2.24) is 0 Å². The van der Waals surface area contributed by atoms with Crippen molar-refractivity contribution in [2.24, 2.45) is 5.92 Å². The summed E-state index contributed by atoms with van der Waals surface area (Å²) < 4.78 is 4.62. The lowest BCUT2D eigenvalue weighted by Gasteiger charge is -2.14. The van der Waals surface area contributed by atoms with Gasteiger partial charge in [0.1, 0.15) is 0 Å². The zero-order valence-corrected chi connectivity index (χ0v) is 12.2. The average molecular weight is 314 g/mol. The number of methoxy groups -OCH3 is 1. The van der Waals surface area contributed by atoms with E-state index < -0.39 is 5.97 Å². The molecule has 18 heavy (non-hydrogen) atoms. The lowest BCUT2D eigenvalue weighted by molar-refractivity contribution is -0.116. The summed E-state index contributed by atoms with van der Waals surface area (Å²) in [4.78, 5) is 22.9. The van der Waals surface area contributed by atoms with Crippen LogP contribution in [-0.4, -0.2) is 23.8 Å². The minimum Gasteiger partial charge on any atom is -0.465 e. The van der Waals surface area contributed by atoms with Crippen LogP contribution in [0.3, 0.4) is 0 Å². The minimum atomic E-state index is -0.426. The summed E-state index contributed by atoms with van der Waals surface area (Å²) in [6, 6.07) is 6.64. The predicted octanol–water partition coefficient (Wildman–Crippen LogP) is 2.83. The van der Waals surface area contributed by atoms with E-state index in [-0.39, 0.29) is 16.7 Å². The van der Waals surface area contributed by atoms with E-state index in [1.807, 2.05) is 13.8 Å². The van der Waals surface area contributed by atoms with Crippen LogP contribution in [0.5, 0.6) is 0 Å². The summed E-state index contributed by atoms with van der Waals surface area (Å²) in [5, 5.41) is 2.75. The Kier molecular flexibility index (Phi) is 5.34. The molecule has 0 saturated heterocycles. The van der Waals surface area contributed by atoms with E-state index in [1.54, 1.807) is 24.3 Å². The van der Waals surface area contributed by atoms with Gasteiger partial charge in [0, 0.05) is 5.69 Å². The van der Waals surface area contributed by atoms with E-state index in [9.17, 15) is 9.59 Å². The van der Waals surface area contributed by atoms with Gasteiger partial charge in [0.2, 0.25) is 5.91 Å². The van der Waals surface area contributed by atoms with Crippen molar-refractivity contribution in [3.8, 4) is 0 Å². The molecule has 1 aromatic rings. The van der Waals surface area contributed by atoms with Crippen LogP contribution < -0.4 is 5.32 Å². The van der Waals surface area contributed by atoms with Crippen LogP contribution in [0.1, 0.15) is 24.2 Å². The number of carbonyl (C=O) groups excluding carboxylic acids is 2. The molecule has 0 aromatic heterocycles. The van der Waals surface area contributed by atoms with Gasteiger partial charge in [-0.3, -0.25) is 4.79 Å². The molecule has 0 fully saturated rings. The van der Waals surface area contributed by atoms with Crippen LogP contribution in [0.15, 0.2) is 24.3 Å². The van der Waals surface area contributed by atoms with Crippen molar-refractivity contribution < 1.29 is 14.3 Å². The zero-order valence-electron chi connectivity index (χ0n) is 10.6. The van der Waals surface area contributed by atoms with Crippen molar-refractivity contribution in [3.05, 3.63) is 29.8 Å². The van der Waals surface area contributed by atoms with Crippen molar-refractivity contribution in [3.63, 3.8) is 0 Å². The van der Waals surface area contributed by atoms with Crippen molar-refractivity contribution >= 4 is 33.5 Å². The smallest absolute Gasteiger partial charge is 0.337 e. The maximum Gasteiger partial charge on any atom is 0.337 e. The molecule has 0 aliphatic carbocycles. The molecule has 1 N–H and O–H groups in total. The molecule has 0 aliphatic rings. The molecule has 1 unspecified atom stereocenters. The van der Waals surface area contributed by atoms with Crippen LogP contribution in [0.4, 0.5) is 5.69 Å². The Morgan fingerprint density at radius 1 is 1.33 bits per heavy atom. The Morgan fingerprint density at radius 2 is 2.00 bits per heavy atom. The first-order chi connectivity index (χ1) is 8.45. The molecular formula is C13H16BrNO3. The van der Waals surface area contributed by atoms with Gasteiger partial charge in [-0.1, -0.05) is 35.8 Å². The first-order valence-corrected chi connectivity index (χ1v) is 6.50. The van der Waals surface area contributed by atoms with Crippen molar-refractivity contribution in [2.75, 3.05) is 12.4 Å². The topological polar surface area (TPSA) is 55.4 Å². The normalized spacial score (nSPS) is 12.1. The maximum atomic E-state index is 11.8. The monoisotopic (exact) mass is 313 g/mol. The summed E-state index contributed by atoms with van der Waals surface area (Å²) in [5.41, 5.74) is 0.985. The lowest BCUT2D eigenvalue weighted by Crippen LogP contribution is -2.27. The van der Waals surface area contributed by atoms with Gasteiger partial charge >= 0.3 is 5.97 Å². The molecule has 0 heterocycles. The summed E-state index contributed by atoms with van der Waals surface area (Å²) >= 11 is 3.32.